The van der Waals surface area contributed by atoms with Gasteiger partial charge in [-0.2, -0.15) is 0 Å². The predicted molar refractivity (Wildman–Crippen MR) is 93.4 cm³/mol. The van der Waals surface area contributed by atoms with Crippen molar-refractivity contribution in [3.05, 3.63) is 67.2 Å². The molecule has 1 atom stereocenters. The Bertz CT molecular complexity index is 634. The van der Waals surface area contributed by atoms with E-state index in [9.17, 15) is 8.78 Å². The minimum atomic E-state index is -0.290. The highest BCUT2D eigenvalue weighted by atomic mass is 127. The van der Waals surface area contributed by atoms with E-state index in [0.29, 0.717) is 4.47 Å². The van der Waals surface area contributed by atoms with Gasteiger partial charge >= 0.3 is 0 Å². The smallest absolute Gasteiger partial charge is 0.137 e. The van der Waals surface area contributed by atoms with Gasteiger partial charge in [-0.1, -0.05) is 19.1 Å². The first-order valence-electron chi connectivity index (χ1n) is 6.66. The maximum absolute atomic E-state index is 13.4. The van der Waals surface area contributed by atoms with E-state index in [0.717, 1.165) is 27.7 Å². The van der Waals surface area contributed by atoms with Crippen LogP contribution in [0.25, 0.3) is 0 Å². The molecule has 5 heteroatoms. The molecule has 0 aliphatic rings. The predicted octanol–water partition coefficient (Wildman–Crippen LogP) is 5.42. The fourth-order valence-corrected chi connectivity index (χ4v) is 3.31. The molecule has 1 nitrogen and oxygen atoms in total. The Morgan fingerprint density at radius 2 is 1.95 bits per heavy atom. The van der Waals surface area contributed by atoms with Gasteiger partial charge in [0.1, 0.15) is 11.6 Å². The standard InChI is InChI=1S/C16H15BrF2IN/c1-2-7-21-16(10-3-6-14(19)13(17)8-10)12-5-4-11(18)9-15(12)20/h3-6,8-9,16,21H,2,7H2,1H3. The highest BCUT2D eigenvalue weighted by Gasteiger charge is 2.17. The van der Waals surface area contributed by atoms with Crippen LogP contribution in [0.4, 0.5) is 8.78 Å². The maximum Gasteiger partial charge on any atom is 0.137 e. The molecule has 2 rings (SSSR count). The van der Waals surface area contributed by atoms with Gasteiger partial charge in [0, 0.05) is 3.57 Å². The van der Waals surface area contributed by atoms with E-state index in [1.807, 2.05) is 0 Å². The molecule has 0 spiro atoms. The Kier molecular flexibility index (Phi) is 6.13. The number of nitrogens with one attached hydrogen (secondary N) is 1. The molecule has 0 aromatic heterocycles. The second kappa shape index (κ2) is 7.65. The molecule has 0 amide bonds. The van der Waals surface area contributed by atoms with Crippen molar-refractivity contribution in [3.63, 3.8) is 0 Å². The van der Waals surface area contributed by atoms with Gasteiger partial charge in [0.05, 0.1) is 10.5 Å². The minimum absolute atomic E-state index is 0.0886. The molecule has 0 radical (unpaired) electrons. The molecule has 0 aliphatic carbocycles. The highest BCUT2D eigenvalue weighted by Crippen LogP contribution is 2.29. The molecule has 0 saturated heterocycles. The first-order valence-corrected chi connectivity index (χ1v) is 8.53. The summed E-state index contributed by atoms with van der Waals surface area (Å²) in [6.45, 7) is 2.91. The summed E-state index contributed by atoms with van der Waals surface area (Å²) in [6, 6.07) is 9.62. The number of halogens is 4. The van der Waals surface area contributed by atoms with Crippen molar-refractivity contribution in [2.24, 2.45) is 0 Å². The Morgan fingerprint density at radius 3 is 2.57 bits per heavy atom. The minimum Gasteiger partial charge on any atom is -0.306 e. The summed E-state index contributed by atoms with van der Waals surface area (Å²) >= 11 is 5.35. The van der Waals surface area contributed by atoms with Crippen molar-refractivity contribution in [2.75, 3.05) is 6.54 Å². The van der Waals surface area contributed by atoms with Crippen LogP contribution in [0, 0.1) is 15.2 Å². The van der Waals surface area contributed by atoms with Crippen LogP contribution in [0.15, 0.2) is 40.9 Å². The quantitative estimate of drug-likeness (QED) is 0.581. The Balaban J connectivity index is 2.44. The first kappa shape index (κ1) is 16.8. The second-order valence-electron chi connectivity index (χ2n) is 4.73. The van der Waals surface area contributed by atoms with Crippen molar-refractivity contribution in [1.82, 2.24) is 5.32 Å². The summed E-state index contributed by atoms with van der Waals surface area (Å²) in [5, 5.41) is 3.44. The summed E-state index contributed by atoms with van der Waals surface area (Å²) in [4.78, 5) is 0. The van der Waals surface area contributed by atoms with E-state index < -0.39 is 0 Å². The fourth-order valence-electron chi connectivity index (χ4n) is 2.12. The fraction of sp³-hybridized carbons (Fsp3) is 0.250. The van der Waals surface area contributed by atoms with Crippen molar-refractivity contribution in [3.8, 4) is 0 Å². The molecule has 2 aromatic rings. The molecule has 1 N–H and O–H groups in total. The summed E-state index contributed by atoms with van der Waals surface area (Å²) in [6.07, 6.45) is 0.983. The van der Waals surface area contributed by atoms with Gasteiger partial charge in [0.25, 0.3) is 0 Å². The van der Waals surface area contributed by atoms with E-state index in [2.05, 4.69) is 50.8 Å². The van der Waals surface area contributed by atoms with Gasteiger partial charge < -0.3 is 5.32 Å². The topological polar surface area (TPSA) is 12.0 Å². The van der Waals surface area contributed by atoms with Crippen molar-refractivity contribution in [2.45, 2.75) is 19.4 Å². The number of hydrogen-bond donors (Lipinski definition) is 1. The molecule has 2 aromatic carbocycles. The molecular weight excluding hydrogens is 451 g/mol. The Labute approximate surface area is 145 Å². The molecule has 0 fully saturated rings. The molecule has 0 aliphatic heterocycles. The zero-order valence-corrected chi connectivity index (χ0v) is 15.2. The molecule has 112 valence electrons. The summed E-state index contributed by atoms with van der Waals surface area (Å²) in [5.41, 5.74) is 1.94. The molecular formula is C16H15BrF2IN. The van der Waals surface area contributed by atoms with Crippen LogP contribution < -0.4 is 5.32 Å². The van der Waals surface area contributed by atoms with Gasteiger partial charge in [-0.15, -0.1) is 0 Å². The number of rotatable bonds is 5. The second-order valence-corrected chi connectivity index (χ2v) is 6.74. The lowest BCUT2D eigenvalue weighted by molar-refractivity contribution is 0.585. The van der Waals surface area contributed by atoms with E-state index in [-0.39, 0.29) is 17.7 Å². The normalized spacial score (nSPS) is 12.4. The van der Waals surface area contributed by atoms with Crippen LogP contribution in [0.2, 0.25) is 0 Å². The zero-order chi connectivity index (χ0) is 15.4. The SMILES string of the molecule is CCCNC(c1ccc(F)c(Br)c1)c1ccc(F)cc1I. The van der Waals surface area contributed by atoms with Crippen LogP contribution in [-0.2, 0) is 0 Å². The summed E-state index contributed by atoms with van der Waals surface area (Å²) in [7, 11) is 0. The van der Waals surface area contributed by atoms with Gasteiger partial charge in [0.15, 0.2) is 0 Å². The number of benzene rings is 2. The zero-order valence-electron chi connectivity index (χ0n) is 11.5. The lowest BCUT2D eigenvalue weighted by Crippen LogP contribution is -2.24. The molecule has 1 unspecified atom stereocenters. The monoisotopic (exact) mass is 465 g/mol. The van der Waals surface area contributed by atoms with Crippen LogP contribution in [0.5, 0.6) is 0 Å². The molecule has 21 heavy (non-hydrogen) atoms. The van der Waals surface area contributed by atoms with Crippen LogP contribution in [0.1, 0.15) is 30.5 Å². The average Bonchev–Trinajstić information content (AvgIpc) is 2.44. The van der Waals surface area contributed by atoms with E-state index >= 15 is 0 Å². The Hall–Kier alpha value is -0.530. The van der Waals surface area contributed by atoms with Crippen molar-refractivity contribution >= 4 is 38.5 Å². The lowest BCUT2D eigenvalue weighted by atomic mass is 9.98. The third-order valence-corrected chi connectivity index (χ3v) is 4.69. The van der Waals surface area contributed by atoms with E-state index in [4.69, 9.17) is 0 Å². The molecule has 0 heterocycles. The van der Waals surface area contributed by atoms with Gasteiger partial charge in [-0.05, 0) is 86.9 Å². The van der Waals surface area contributed by atoms with Gasteiger partial charge in [0.2, 0.25) is 0 Å². The van der Waals surface area contributed by atoms with Gasteiger partial charge in [-0.25, -0.2) is 8.78 Å². The van der Waals surface area contributed by atoms with Crippen LogP contribution in [0.3, 0.4) is 0 Å². The summed E-state index contributed by atoms with van der Waals surface area (Å²) in [5.74, 6) is -0.542. The van der Waals surface area contributed by atoms with E-state index in [1.165, 1.54) is 18.2 Å². The number of hydrogen-bond acceptors (Lipinski definition) is 1. The molecule has 0 bridgehead atoms. The summed E-state index contributed by atoms with van der Waals surface area (Å²) < 4.78 is 28.0. The van der Waals surface area contributed by atoms with Crippen LogP contribution >= 0.6 is 38.5 Å². The van der Waals surface area contributed by atoms with Crippen molar-refractivity contribution in [1.29, 1.82) is 0 Å². The maximum atomic E-state index is 13.4. The van der Waals surface area contributed by atoms with Crippen molar-refractivity contribution < 1.29 is 8.78 Å². The molecule has 0 saturated carbocycles. The van der Waals surface area contributed by atoms with Gasteiger partial charge in [-0.3, -0.25) is 0 Å². The lowest BCUT2D eigenvalue weighted by Gasteiger charge is -2.21. The third-order valence-electron chi connectivity index (χ3n) is 3.15. The average molecular weight is 466 g/mol. The highest BCUT2D eigenvalue weighted by molar-refractivity contribution is 14.1. The first-order chi connectivity index (χ1) is 10.0. The van der Waals surface area contributed by atoms with Crippen LogP contribution in [-0.4, -0.2) is 6.54 Å². The largest absolute Gasteiger partial charge is 0.306 e. The van der Waals surface area contributed by atoms with E-state index in [1.54, 1.807) is 18.2 Å². The Morgan fingerprint density at radius 1 is 1.19 bits per heavy atom. The third kappa shape index (κ3) is 4.23.